The highest BCUT2D eigenvalue weighted by molar-refractivity contribution is 6.31. The van der Waals surface area contributed by atoms with E-state index in [1.807, 2.05) is 18.2 Å². The highest BCUT2D eigenvalue weighted by Gasteiger charge is 2.34. The lowest BCUT2D eigenvalue weighted by molar-refractivity contribution is 0.181. The van der Waals surface area contributed by atoms with Crippen LogP contribution in [0, 0.1) is 0 Å². The van der Waals surface area contributed by atoms with E-state index in [1.165, 1.54) is 4.73 Å². The topological polar surface area (TPSA) is 54.7 Å². The summed E-state index contributed by atoms with van der Waals surface area (Å²) in [4.78, 5) is 15.7. The zero-order valence-electron chi connectivity index (χ0n) is 18.3. The Morgan fingerprint density at radius 2 is 2.00 bits per heavy atom. The SMILES string of the molecule is COc1ccccc1C1Cc2c(c(=O)c3cc(Cl)ccc3n2O)C(CCCN(C)C)C1. The number of benzene rings is 2. The summed E-state index contributed by atoms with van der Waals surface area (Å²) in [5.74, 6) is 1.07. The van der Waals surface area contributed by atoms with Gasteiger partial charge in [-0.25, -0.2) is 0 Å². The molecule has 0 bridgehead atoms. The zero-order chi connectivity index (χ0) is 22.1. The van der Waals surface area contributed by atoms with E-state index in [4.69, 9.17) is 16.3 Å². The second kappa shape index (κ2) is 8.93. The molecule has 1 aliphatic carbocycles. The lowest BCUT2D eigenvalue weighted by Crippen LogP contribution is -2.30. The number of ether oxygens (including phenoxy) is 1. The first kappa shape index (κ1) is 21.7. The van der Waals surface area contributed by atoms with Crippen LogP contribution in [0.3, 0.4) is 0 Å². The molecule has 31 heavy (non-hydrogen) atoms. The molecule has 1 N–H and O–H groups in total. The Labute approximate surface area is 187 Å². The Morgan fingerprint density at radius 1 is 1.23 bits per heavy atom. The maximum Gasteiger partial charge on any atom is 0.193 e. The molecule has 1 aliphatic rings. The lowest BCUT2D eigenvalue weighted by atomic mass is 9.73. The number of hydrogen-bond acceptors (Lipinski definition) is 4. The third kappa shape index (κ3) is 4.17. The number of para-hydroxylation sites is 1. The van der Waals surface area contributed by atoms with Crippen molar-refractivity contribution in [3.63, 3.8) is 0 Å². The lowest BCUT2D eigenvalue weighted by Gasteiger charge is -2.33. The van der Waals surface area contributed by atoms with E-state index in [2.05, 4.69) is 25.1 Å². The Balaban J connectivity index is 1.85. The summed E-state index contributed by atoms with van der Waals surface area (Å²) in [5, 5.41) is 12.1. The van der Waals surface area contributed by atoms with Gasteiger partial charge in [-0.05, 0) is 88.0 Å². The minimum absolute atomic E-state index is 0.00821. The minimum atomic E-state index is -0.00821. The molecule has 3 aromatic rings. The van der Waals surface area contributed by atoms with Gasteiger partial charge < -0.3 is 14.8 Å². The van der Waals surface area contributed by atoms with Crippen LogP contribution >= 0.6 is 11.6 Å². The number of pyridine rings is 1. The van der Waals surface area contributed by atoms with Gasteiger partial charge in [-0.2, -0.15) is 4.73 Å². The third-order valence-electron chi connectivity index (χ3n) is 6.40. The van der Waals surface area contributed by atoms with Crippen molar-refractivity contribution in [1.29, 1.82) is 0 Å². The molecule has 0 aliphatic heterocycles. The summed E-state index contributed by atoms with van der Waals surface area (Å²) in [6, 6.07) is 13.1. The Hall–Kier alpha value is -2.50. The maximum atomic E-state index is 13.5. The van der Waals surface area contributed by atoms with E-state index < -0.39 is 0 Å². The maximum absolute atomic E-state index is 13.5. The van der Waals surface area contributed by atoms with E-state index in [0.29, 0.717) is 28.0 Å². The quantitative estimate of drug-likeness (QED) is 0.544. The van der Waals surface area contributed by atoms with Crippen molar-refractivity contribution in [2.45, 2.75) is 37.5 Å². The molecule has 1 aromatic heterocycles. The fourth-order valence-electron chi connectivity index (χ4n) is 4.96. The molecule has 0 radical (unpaired) electrons. The summed E-state index contributed by atoms with van der Waals surface area (Å²) in [6.45, 7) is 0.956. The Bertz CT molecular complexity index is 1160. The fraction of sp³-hybridized carbons (Fsp3) is 0.400. The summed E-state index contributed by atoms with van der Waals surface area (Å²) < 4.78 is 6.83. The number of methoxy groups -OCH3 is 1. The van der Waals surface area contributed by atoms with Gasteiger partial charge in [0.05, 0.1) is 23.7 Å². The molecule has 0 amide bonds. The van der Waals surface area contributed by atoms with Crippen LogP contribution in [0.25, 0.3) is 10.9 Å². The smallest absolute Gasteiger partial charge is 0.193 e. The summed E-state index contributed by atoms with van der Waals surface area (Å²) in [7, 11) is 5.80. The molecular weight excluding hydrogens is 412 g/mol. The van der Waals surface area contributed by atoms with Crippen LogP contribution in [0.2, 0.25) is 5.02 Å². The van der Waals surface area contributed by atoms with Crippen LogP contribution in [0.15, 0.2) is 47.3 Å². The van der Waals surface area contributed by atoms with Gasteiger partial charge >= 0.3 is 0 Å². The molecule has 0 saturated heterocycles. The van der Waals surface area contributed by atoms with Crippen molar-refractivity contribution in [3.8, 4) is 5.75 Å². The van der Waals surface area contributed by atoms with E-state index >= 15 is 0 Å². The molecule has 0 spiro atoms. The van der Waals surface area contributed by atoms with Crippen molar-refractivity contribution < 1.29 is 9.94 Å². The number of fused-ring (bicyclic) bond motifs is 2. The van der Waals surface area contributed by atoms with Crippen LogP contribution in [-0.4, -0.2) is 42.6 Å². The minimum Gasteiger partial charge on any atom is -0.496 e. The first-order chi connectivity index (χ1) is 14.9. The second-order valence-corrected chi connectivity index (χ2v) is 9.12. The predicted octanol–water partition coefficient (Wildman–Crippen LogP) is 5.06. The van der Waals surface area contributed by atoms with Gasteiger partial charge in [0.15, 0.2) is 5.43 Å². The van der Waals surface area contributed by atoms with Crippen LogP contribution < -0.4 is 10.2 Å². The third-order valence-corrected chi connectivity index (χ3v) is 6.63. The summed E-state index contributed by atoms with van der Waals surface area (Å²) in [5.41, 5.74) is 3.06. The van der Waals surface area contributed by atoms with Gasteiger partial charge in [0, 0.05) is 10.6 Å². The number of rotatable bonds is 6. The molecule has 2 aromatic carbocycles. The fourth-order valence-corrected chi connectivity index (χ4v) is 5.13. The van der Waals surface area contributed by atoms with Crippen molar-refractivity contribution >= 4 is 22.5 Å². The standard InChI is InChI=1S/C25H29ClN2O3/c1-27(2)12-6-7-16-13-17(19-8-4-5-9-23(19)31-3)14-22-24(16)25(29)20-15-18(26)10-11-21(20)28(22)30/h4-5,8-11,15-17,30H,6-7,12-14H2,1-3H3. The average Bonchev–Trinajstić information content (AvgIpc) is 2.76. The molecule has 6 heteroatoms. The molecule has 2 atom stereocenters. The summed E-state index contributed by atoms with van der Waals surface area (Å²) >= 11 is 6.17. The summed E-state index contributed by atoms with van der Waals surface area (Å²) in [6.07, 6.45) is 3.30. The monoisotopic (exact) mass is 440 g/mol. The first-order valence-electron chi connectivity index (χ1n) is 10.7. The molecule has 5 nitrogen and oxygen atoms in total. The highest BCUT2D eigenvalue weighted by Crippen LogP contribution is 2.43. The van der Waals surface area contributed by atoms with Gasteiger partial charge in [-0.3, -0.25) is 4.79 Å². The number of hydrogen-bond donors (Lipinski definition) is 1. The molecule has 2 unspecified atom stereocenters. The normalized spacial score (nSPS) is 18.4. The van der Waals surface area contributed by atoms with Crippen LogP contribution in [0.4, 0.5) is 0 Å². The Kier molecular flexibility index (Phi) is 6.26. The molecule has 164 valence electrons. The largest absolute Gasteiger partial charge is 0.496 e. The highest BCUT2D eigenvalue weighted by atomic mass is 35.5. The average molecular weight is 441 g/mol. The van der Waals surface area contributed by atoms with E-state index in [1.54, 1.807) is 25.3 Å². The second-order valence-electron chi connectivity index (χ2n) is 8.68. The van der Waals surface area contributed by atoms with Gasteiger partial charge in [-0.1, -0.05) is 29.8 Å². The Morgan fingerprint density at radius 3 is 2.74 bits per heavy atom. The number of aromatic nitrogens is 1. The van der Waals surface area contributed by atoms with E-state index in [0.717, 1.165) is 42.7 Å². The molecule has 1 heterocycles. The van der Waals surface area contributed by atoms with Gasteiger partial charge in [0.25, 0.3) is 0 Å². The van der Waals surface area contributed by atoms with Gasteiger partial charge in [0.2, 0.25) is 0 Å². The molecule has 0 fully saturated rings. The van der Waals surface area contributed by atoms with Crippen LogP contribution in [-0.2, 0) is 6.42 Å². The number of nitrogens with zero attached hydrogens (tertiary/aromatic N) is 2. The van der Waals surface area contributed by atoms with Crippen molar-refractivity contribution in [1.82, 2.24) is 9.63 Å². The van der Waals surface area contributed by atoms with Crippen molar-refractivity contribution in [2.24, 2.45) is 0 Å². The zero-order valence-corrected chi connectivity index (χ0v) is 19.0. The van der Waals surface area contributed by atoms with Crippen LogP contribution in [0.1, 0.15) is 47.9 Å². The van der Waals surface area contributed by atoms with Crippen LogP contribution in [0.5, 0.6) is 5.75 Å². The molecular formula is C25H29ClN2O3. The van der Waals surface area contributed by atoms with Crippen molar-refractivity contribution in [2.75, 3.05) is 27.7 Å². The molecule has 4 rings (SSSR count). The van der Waals surface area contributed by atoms with Gasteiger partial charge in [0.1, 0.15) is 5.75 Å². The van der Waals surface area contributed by atoms with Crippen molar-refractivity contribution in [3.05, 3.63) is 74.5 Å². The van der Waals surface area contributed by atoms with Gasteiger partial charge in [-0.15, -0.1) is 0 Å². The molecule has 0 saturated carbocycles. The first-order valence-corrected chi connectivity index (χ1v) is 11.1. The predicted molar refractivity (Wildman–Crippen MR) is 125 cm³/mol. The van der Waals surface area contributed by atoms with E-state index in [9.17, 15) is 10.0 Å². The number of halogens is 1. The van der Waals surface area contributed by atoms with E-state index in [-0.39, 0.29) is 17.3 Å².